The van der Waals surface area contributed by atoms with Gasteiger partial charge in [-0.1, -0.05) is 0 Å². The molecule has 7 heteroatoms. The summed E-state index contributed by atoms with van der Waals surface area (Å²) in [7, 11) is 0. The second-order valence-electron chi connectivity index (χ2n) is 7.42. The fourth-order valence-electron chi connectivity index (χ4n) is 2.88. The van der Waals surface area contributed by atoms with E-state index in [-0.39, 0.29) is 25.2 Å². The molecule has 2 aliphatic heterocycles. The summed E-state index contributed by atoms with van der Waals surface area (Å²) in [5.41, 5.74) is -0.484. The number of carbonyl (C=O) groups excluding carboxylic acids is 1. The maximum Gasteiger partial charge on any atom is 0.410 e. The van der Waals surface area contributed by atoms with Gasteiger partial charge in [0.25, 0.3) is 5.92 Å². The Balaban J connectivity index is 1.61. The lowest BCUT2D eigenvalue weighted by atomic mass is 10.1. The number of amides is 1. The topological polar surface area (TPSA) is 42.0 Å². The van der Waals surface area contributed by atoms with Crippen LogP contribution in [0, 0.1) is 0 Å². The minimum absolute atomic E-state index is 0.0543. The molecule has 0 N–H and O–H groups in total. The van der Waals surface area contributed by atoms with E-state index in [9.17, 15) is 13.6 Å². The SMILES string of the molecule is CC(C)(C)OC(=O)N1CCC(OCCN2CCC(F)(F)C2)CC1. The summed E-state index contributed by atoms with van der Waals surface area (Å²) in [6, 6.07) is 0. The number of ether oxygens (including phenoxy) is 2. The third kappa shape index (κ3) is 6.22. The van der Waals surface area contributed by atoms with Crippen molar-refractivity contribution in [2.45, 2.75) is 57.7 Å². The van der Waals surface area contributed by atoms with Crippen molar-refractivity contribution in [3.8, 4) is 0 Å². The number of hydrogen-bond acceptors (Lipinski definition) is 4. The first-order valence-corrected chi connectivity index (χ1v) is 8.34. The number of piperidine rings is 1. The van der Waals surface area contributed by atoms with Crippen molar-refractivity contribution in [1.82, 2.24) is 9.80 Å². The predicted octanol–water partition coefficient (Wildman–Crippen LogP) is 2.74. The van der Waals surface area contributed by atoms with Gasteiger partial charge in [0.05, 0.1) is 19.3 Å². The van der Waals surface area contributed by atoms with Gasteiger partial charge in [0.1, 0.15) is 5.60 Å². The Morgan fingerprint density at radius 3 is 2.39 bits per heavy atom. The molecule has 0 bridgehead atoms. The highest BCUT2D eigenvalue weighted by Gasteiger charge is 2.37. The number of carbonyl (C=O) groups is 1. The van der Waals surface area contributed by atoms with Gasteiger partial charge in [-0.15, -0.1) is 0 Å². The molecule has 0 spiro atoms. The third-order valence-electron chi connectivity index (χ3n) is 4.10. The molecule has 2 rings (SSSR count). The Kier molecular flexibility index (Phi) is 5.84. The number of alkyl halides is 2. The number of likely N-dealkylation sites (tertiary alicyclic amines) is 2. The third-order valence-corrected chi connectivity index (χ3v) is 4.10. The number of rotatable bonds is 4. The predicted molar refractivity (Wildman–Crippen MR) is 82.8 cm³/mol. The first-order chi connectivity index (χ1) is 10.6. The highest BCUT2D eigenvalue weighted by Crippen LogP contribution is 2.26. The van der Waals surface area contributed by atoms with Crippen LogP contribution in [0.3, 0.4) is 0 Å². The first kappa shape index (κ1) is 18.4. The van der Waals surface area contributed by atoms with Gasteiger partial charge < -0.3 is 14.4 Å². The Morgan fingerprint density at radius 2 is 1.87 bits per heavy atom. The van der Waals surface area contributed by atoms with Gasteiger partial charge >= 0.3 is 6.09 Å². The monoisotopic (exact) mass is 334 g/mol. The molecular formula is C16H28F2N2O3. The van der Waals surface area contributed by atoms with Gasteiger partial charge in [0.15, 0.2) is 0 Å². The van der Waals surface area contributed by atoms with Crippen LogP contribution in [0.4, 0.5) is 13.6 Å². The molecule has 2 fully saturated rings. The van der Waals surface area contributed by atoms with Gasteiger partial charge in [0, 0.05) is 32.6 Å². The number of hydrogen-bond donors (Lipinski definition) is 0. The van der Waals surface area contributed by atoms with E-state index < -0.39 is 11.5 Å². The fourth-order valence-corrected chi connectivity index (χ4v) is 2.88. The molecule has 0 unspecified atom stereocenters. The number of nitrogens with zero attached hydrogens (tertiary/aromatic N) is 2. The summed E-state index contributed by atoms with van der Waals surface area (Å²) in [5, 5.41) is 0. The maximum absolute atomic E-state index is 13.1. The minimum atomic E-state index is -2.54. The molecule has 2 heterocycles. The second kappa shape index (κ2) is 7.30. The summed E-state index contributed by atoms with van der Waals surface area (Å²) in [6.45, 7) is 8.06. The van der Waals surface area contributed by atoms with Crippen molar-refractivity contribution in [1.29, 1.82) is 0 Å². The average molecular weight is 334 g/mol. The summed E-state index contributed by atoms with van der Waals surface area (Å²) in [5.74, 6) is -2.54. The summed E-state index contributed by atoms with van der Waals surface area (Å²) >= 11 is 0. The quantitative estimate of drug-likeness (QED) is 0.793. The van der Waals surface area contributed by atoms with Crippen LogP contribution >= 0.6 is 0 Å². The zero-order valence-electron chi connectivity index (χ0n) is 14.3. The zero-order valence-corrected chi connectivity index (χ0v) is 14.3. The lowest BCUT2D eigenvalue weighted by molar-refractivity contribution is -0.0191. The maximum atomic E-state index is 13.1. The Morgan fingerprint density at radius 1 is 1.22 bits per heavy atom. The van der Waals surface area contributed by atoms with Gasteiger partial charge in [-0.05, 0) is 33.6 Å². The molecule has 23 heavy (non-hydrogen) atoms. The normalized spacial score (nSPS) is 23.3. The van der Waals surface area contributed by atoms with Crippen LogP contribution in [0.2, 0.25) is 0 Å². The van der Waals surface area contributed by atoms with E-state index in [1.807, 2.05) is 20.8 Å². The van der Waals surface area contributed by atoms with Crippen LogP contribution in [0.25, 0.3) is 0 Å². The Labute approximate surface area is 136 Å². The summed E-state index contributed by atoms with van der Waals surface area (Å²) in [4.78, 5) is 15.4. The van der Waals surface area contributed by atoms with E-state index in [1.54, 1.807) is 9.80 Å². The average Bonchev–Trinajstić information content (AvgIpc) is 2.77. The second-order valence-corrected chi connectivity index (χ2v) is 7.42. The fraction of sp³-hybridized carbons (Fsp3) is 0.938. The van der Waals surface area contributed by atoms with Crippen LogP contribution in [-0.4, -0.2) is 72.9 Å². The van der Waals surface area contributed by atoms with Gasteiger partial charge in [0.2, 0.25) is 0 Å². The van der Waals surface area contributed by atoms with E-state index in [0.29, 0.717) is 32.8 Å². The Hall–Kier alpha value is -0.950. The summed E-state index contributed by atoms with van der Waals surface area (Å²) in [6.07, 6.45) is 1.28. The van der Waals surface area contributed by atoms with Crippen LogP contribution < -0.4 is 0 Å². The smallest absolute Gasteiger partial charge is 0.410 e. The molecule has 0 atom stereocenters. The highest BCUT2D eigenvalue weighted by molar-refractivity contribution is 5.68. The molecule has 5 nitrogen and oxygen atoms in total. The standard InChI is InChI=1S/C16H28F2N2O3/c1-15(2,3)23-14(21)20-7-4-13(5-8-20)22-11-10-19-9-6-16(17,18)12-19/h13H,4-12H2,1-3H3. The van der Waals surface area contributed by atoms with Gasteiger partial charge in [-0.3, -0.25) is 4.90 Å². The van der Waals surface area contributed by atoms with E-state index in [4.69, 9.17) is 9.47 Å². The van der Waals surface area contributed by atoms with E-state index in [0.717, 1.165) is 12.8 Å². The molecule has 0 aromatic carbocycles. The molecule has 2 saturated heterocycles. The van der Waals surface area contributed by atoms with Gasteiger partial charge in [-0.2, -0.15) is 0 Å². The summed E-state index contributed by atoms with van der Waals surface area (Å²) < 4.78 is 37.3. The highest BCUT2D eigenvalue weighted by atomic mass is 19.3. The van der Waals surface area contributed by atoms with Crippen LogP contribution in [0.15, 0.2) is 0 Å². The van der Waals surface area contributed by atoms with Crippen molar-refractivity contribution < 1.29 is 23.0 Å². The molecular weight excluding hydrogens is 306 g/mol. The van der Waals surface area contributed by atoms with E-state index in [1.165, 1.54) is 0 Å². The molecule has 0 aliphatic carbocycles. The van der Waals surface area contributed by atoms with Crippen molar-refractivity contribution in [3.63, 3.8) is 0 Å². The molecule has 0 saturated carbocycles. The van der Waals surface area contributed by atoms with Crippen molar-refractivity contribution in [2.24, 2.45) is 0 Å². The van der Waals surface area contributed by atoms with E-state index >= 15 is 0 Å². The number of halogens is 2. The Bertz CT molecular complexity index is 405. The largest absolute Gasteiger partial charge is 0.444 e. The minimum Gasteiger partial charge on any atom is -0.444 e. The molecule has 134 valence electrons. The van der Waals surface area contributed by atoms with Crippen LogP contribution in [-0.2, 0) is 9.47 Å². The van der Waals surface area contributed by atoms with Crippen LogP contribution in [0.5, 0.6) is 0 Å². The van der Waals surface area contributed by atoms with Crippen molar-refractivity contribution >= 4 is 6.09 Å². The van der Waals surface area contributed by atoms with Crippen molar-refractivity contribution in [3.05, 3.63) is 0 Å². The molecule has 0 aromatic rings. The lowest BCUT2D eigenvalue weighted by Gasteiger charge is -2.33. The zero-order chi connectivity index (χ0) is 17.1. The van der Waals surface area contributed by atoms with Crippen molar-refractivity contribution in [2.75, 3.05) is 39.3 Å². The molecule has 2 aliphatic rings. The van der Waals surface area contributed by atoms with Crippen LogP contribution in [0.1, 0.15) is 40.0 Å². The lowest BCUT2D eigenvalue weighted by Crippen LogP contribution is -2.43. The molecule has 1 amide bonds. The molecule has 0 aromatic heterocycles. The first-order valence-electron chi connectivity index (χ1n) is 8.34. The molecule has 0 radical (unpaired) electrons. The van der Waals surface area contributed by atoms with Gasteiger partial charge in [-0.25, -0.2) is 13.6 Å². The van der Waals surface area contributed by atoms with E-state index in [2.05, 4.69) is 0 Å².